The monoisotopic (exact) mass is 176 g/mol. The van der Waals surface area contributed by atoms with Gasteiger partial charge >= 0.3 is 5.97 Å². The highest BCUT2D eigenvalue weighted by Gasteiger charge is 2.13. The van der Waals surface area contributed by atoms with Gasteiger partial charge in [-0.05, 0) is 12.8 Å². The predicted octanol–water partition coefficient (Wildman–Crippen LogP) is 2.16. The molecule has 0 amide bonds. The van der Waals surface area contributed by atoms with Crippen molar-refractivity contribution in [3.05, 3.63) is 0 Å². The third-order valence-corrected chi connectivity index (χ3v) is 1.51. The van der Waals surface area contributed by atoms with Gasteiger partial charge in [0.2, 0.25) is 0 Å². The number of hydrogen-bond acceptors (Lipinski definition) is 2. The Labute approximate surface area is 74.7 Å². The summed E-state index contributed by atoms with van der Waals surface area (Å²) in [6.07, 6.45) is 1.29. The van der Waals surface area contributed by atoms with Gasteiger partial charge in [-0.3, -0.25) is 4.79 Å². The average Bonchev–Trinajstić information content (AvgIpc) is 2.09. The van der Waals surface area contributed by atoms with Crippen LogP contribution >= 0.6 is 0 Å². The van der Waals surface area contributed by atoms with Crippen molar-refractivity contribution in [3.8, 4) is 0 Å². The van der Waals surface area contributed by atoms with E-state index in [1.165, 1.54) is 0 Å². The molecule has 0 aliphatic heterocycles. The van der Waals surface area contributed by atoms with E-state index in [1.54, 1.807) is 7.11 Å². The van der Waals surface area contributed by atoms with Crippen LogP contribution in [0.5, 0.6) is 0 Å². The first-order valence-corrected chi connectivity index (χ1v) is 4.44. The van der Waals surface area contributed by atoms with E-state index >= 15 is 0 Å². The van der Waals surface area contributed by atoms with Gasteiger partial charge in [0.05, 0.1) is 5.92 Å². The molecule has 3 heteroatoms. The van der Waals surface area contributed by atoms with Gasteiger partial charge in [0.15, 0.2) is 0 Å². The Kier molecular flexibility index (Phi) is 12.2. The molecule has 0 aliphatic rings. The molecule has 0 radical (unpaired) electrons. The summed E-state index contributed by atoms with van der Waals surface area (Å²) >= 11 is 0. The van der Waals surface area contributed by atoms with Crippen molar-refractivity contribution in [2.45, 2.75) is 33.6 Å². The fourth-order valence-electron chi connectivity index (χ4n) is 0.762. The van der Waals surface area contributed by atoms with Gasteiger partial charge in [0.25, 0.3) is 0 Å². The number of carboxylic acids is 1. The quantitative estimate of drug-likeness (QED) is 0.698. The molecule has 0 aromatic carbocycles. The Morgan fingerprint density at radius 3 is 2.25 bits per heavy atom. The van der Waals surface area contributed by atoms with Crippen molar-refractivity contribution in [1.82, 2.24) is 0 Å². The van der Waals surface area contributed by atoms with Crippen LogP contribution in [0.15, 0.2) is 0 Å². The van der Waals surface area contributed by atoms with E-state index in [0.29, 0.717) is 19.4 Å². The molecule has 1 N–H and O–H groups in total. The molecule has 0 bridgehead atoms. The molecule has 0 aliphatic carbocycles. The predicted molar refractivity (Wildman–Crippen MR) is 49.3 cm³/mol. The lowest BCUT2D eigenvalue weighted by molar-refractivity contribution is -0.142. The maximum absolute atomic E-state index is 10.4. The summed E-state index contributed by atoms with van der Waals surface area (Å²) < 4.78 is 4.76. The van der Waals surface area contributed by atoms with E-state index in [9.17, 15) is 4.79 Å². The molecule has 0 saturated carbocycles. The van der Waals surface area contributed by atoms with Crippen molar-refractivity contribution < 1.29 is 14.6 Å². The van der Waals surface area contributed by atoms with Crippen molar-refractivity contribution in [2.75, 3.05) is 13.7 Å². The van der Waals surface area contributed by atoms with E-state index in [-0.39, 0.29) is 5.92 Å². The zero-order valence-corrected chi connectivity index (χ0v) is 8.46. The highest BCUT2D eigenvalue weighted by molar-refractivity contribution is 5.69. The second kappa shape index (κ2) is 10.4. The summed E-state index contributed by atoms with van der Waals surface area (Å²) in [7, 11) is 1.58. The van der Waals surface area contributed by atoms with Crippen LogP contribution in [0.25, 0.3) is 0 Å². The molecule has 1 atom stereocenters. The number of carbonyl (C=O) groups is 1. The van der Waals surface area contributed by atoms with Crippen LogP contribution in [0.4, 0.5) is 0 Å². The van der Waals surface area contributed by atoms with Crippen LogP contribution in [0, 0.1) is 5.92 Å². The SMILES string of the molecule is CC.CCC(CCOC)C(=O)O. The molecule has 0 spiro atoms. The molecule has 0 aromatic heterocycles. The largest absolute Gasteiger partial charge is 0.481 e. The van der Waals surface area contributed by atoms with Gasteiger partial charge in [-0.25, -0.2) is 0 Å². The normalized spacial score (nSPS) is 11.3. The molecule has 12 heavy (non-hydrogen) atoms. The number of methoxy groups -OCH3 is 1. The molecule has 0 aromatic rings. The molecular weight excluding hydrogens is 156 g/mol. The van der Waals surface area contributed by atoms with Crippen LogP contribution in [0.1, 0.15) is 33.6 Å². The summed E-state index contributed by atoms with van der Waals surface area (Å²) in [6, 6.07) is 0. The fraction of sp³-hybridized carbons (Fsp3) is 0.889. The number of rotatable bonds is 5. The molecule has 0 fully saturated rings. The van der Waals surface area contributed by atoms with Crippen molar-refractivity contribution in [2.24, 2.45) is 5.92 Å². The summed E-state index contributed by atoms with van der Waals surface area (Å²) in [6.45, 7) is 6.40. The topological polar surface area (TPSA) is 46.5 Å². The van der Waals surface area contributed by atoms with Gasteiger partial charge < -0.3 is 9.84 Å². The van der Waals surface area contributed by atoms with E-state index < -0.39 is 5.97 Å². The Morgan fingerprint density at radius 1 is 1.50 bits per heavy atom. The Bertz CT molecular complexity index is 102. The third kappa shape index (κ3) is 7.54. The van der Waals surface area contributed by atoms with Crippen LogP contribution < -0.4 is 0 Å². The zero-order valence-electron chi connectivity index (χ0n) is 8.46. The van der Waals surface area contributed by atoms with Crippen molar-refractivity contribution in [3.63, 3.8) is 0 Å². The van der Waals surface area contributed by atoms with Crippen LogP contribution in [0.2, 0.25) is 0 Å². The third-order valence-electron chi connectivity index (χ3n) is 1.51. The molecule has 0 heterocycles. The van der Waals surface area contributed by atoms with E-state index in [2.05, 4.69) is 0 Å². The molecule has 0 saturated heterocycles. The van der Waals surface area contributed by atoms with E-state index in [0.717, 1.165) is 0 Å². The molecule has 1 unspecified atom stereocenters. The van der Waals surface area contributed by atoms with Crippen molar-refractivity contribution >= 4 is 5.97 Å². The van der Waals surface area contributed by atoms with Gasteiger partial charge in [-0.1, -0.05) is 20.8 Å². The first-order valence-electron chi connectivity index (χ1n) is 4.44. The van der Waals surface area contributed by atoms with Crippen LogP contribution in [0.3, 0.4) is 0 Å². The Hall–Kier alpha value is -0.570. The molecule has 3 nitrogen and oxygen atoms in total. The van der Waals surface area contributed by atoms with Crippen LogP contribution in [-0.4, -0.2) is 24.8 Å². The van der Waals surface area contributed by atoms with Gasteiger partial charge in [0, 0.05) is 13.7 Å². The lowest BCUT2D eigenvalue weighted by Gasteiger charge is -2.07. The lowest BCUT2D eigenvalue weighted by atomic mass is 10.0. The first kappa shape index (κ1) is 14.0. The first-order chi connectivity index (χ1) is 5.72. The summed E-state index contributed by atoms with van der Waals surface area (Å²) in [5, 5.41) is 8.54. The molecule has 74 valence electrons. The maximum Gasteiger partial charge on any atom is 0.306 e. The second-order valence-electron chi connectivity index (χ2n) is 2.22. The lowest BCUT2D eigenvalue weighted by Crippen LogP contribution is -2.14. The average molecular weight is 176 g/mol. The standard InChI is InChI=1S/C7H14O3.C2H6/c1-3-6(7(8)9)4-5-10-2;1-2/h6H,3-5H2,1-2H3,(H,8,9);1-2H3. The Morgan fingerprint density at radius 2 is 2.00 bits per heavy atom. The molecular formula is C9H20O3. The highest BCUT2D eigenvalue weighted by atomic mass is 16.5. The number of ether oxygens (including phenoxy) is 1. The molecule has 0 rings (SSSR count). The highest BCUT2D eigenvalue weighted by Crippen LogP contribution is 2.07. The fourth-order valence-corrected chi connectivity index (χ4v) is 0.762. The van der Waals surface area contributed by atoms with E-state index in [1.807, 2.05) is 20.8 Å². The summed E-state index contributed by atoms with van der Waals surface area (Å²) in [4.78, 5) is 10.4. The Balaban J connectivity index is 0. The van der Waals surface area contributed by atoms with E-state index in [4.69, 9.17) is 9.84 Å². The number of aliphatic carboxylic acids is 1. The van der Waals surface area contributed by atoms with Gasteiger partial charge in [0.1, 0.15) is 0 Å². The minimum atomic E-state index is -0.723. The van der Waals surface area contributed by atoms with Crippen LogP contribution in [-0.2, 0) is 9.53 Å². The second-order valence-corrected chi connectivity index (χ2v) is 2.22. The zero-order chi connectivity index (χ0) is 9.98. The van der Waals surface area contributed by atoms with Crippen molar-refractivity contribution in [1.29, 1.82) is 0 Å². The maximum atomic E-state index is 10.4. The smallest absolute Gasteiger partial charge is 0.306 e. The summed E-state index contributed by atoms with van der Waals surface area (Å²) in [5.41, 5.74) is 0. The number of hydrogen-bond donors (Lipinski definition) is 1. The van der Waals surface area contributed by atoms with Gasteiger partial charge in [-0.2, -0.15) is 0 Å². The summed E-state index contributed by atoms with van der Waals surface area (Å²) in [5.74, 6) is -0.959. The minimum Gasteiger partial charge on any atom is -0.481 e. The number of carboxylic acid groups (broad SMARTS) is 1. The van der Waals surface area contributed by atoms with Gasteiger partial charge in [-0.15, -0.1) is 0 Å². The minimum absolute atomic E-state index is 0.236.